The highest BCUT2D eigenvalue weighted by atomic mass is 32.2. The highest BCUT2D eigenvalue weighted by molar-refractivity contribution is 7.89. The van der Waals surface area contributed by atoms with Gasteiger partial charge in [-0.05, 0) is 0 Å². The Morgan fingerprint density at radius 1 is 1.25 bits per heavy atom. The molecule has 0 radical (unpaired) electrons. The molecule has 2 N–H and O–H groups in total. The van der Waals surface area contributed by atoms with Gasteiger partial charge in [0.2, 0.25) is 10.0 Å². The summed E-state index contributed by atoms with van der Waals surface area (Å²) in [6.07, 6.45) is 4.37. The van der Waals surface area contributed by atoms with Crippen LogP contribution in [0, 0.1) is 17.5 Å². The van der Waals surface area contributed by atoms with Gasteiger partial charge >= 0.3 is 0 Å². The Hall–Kier alpha value is -2.63. The minimum absolute atomic E-state index is 0.0425. The molecule has 148 valence electrons. The van der Waals surface area contributed by atoms with Crippen LogP contribution in [0.3, 0.4) is 0 Å². The molecule has 0 unspecified atom stereocenters. The second-order valence-corrected chi connectivity index (χ2v) is 8.31. The highest BCUT2D eigenvalue weighted by Crippen LogP contribution is 2.32. The van der Waals surface area contributed by atoms with Gasteiger partial charge in [0.15, 0.2) is 17.5 Å². The van der Waals surface area contributed by atoms with Gasteiger partial charge in [-0.3, -0.25) is 4.79 Å². The number of benzene rings is 1. The summed E-state index contributed by atoms with van der Waals surface area (Å²) in [6.45, 7) is 0.323. The Morgan fingerprint density at radius 3 is 2.46 bits per heavy atom. The molecule has 1 fully saturated rings. The number of nitrogens with zero attached hydrogens (tertiary/aromatic N) is 1. The van der Waals surface area contributed by atoms with Crippen LogP contribution in [0.15, 0.2) is 29.3 Å². The maximum absolute atomic E-state index is 13.4. The standard InChI is InChI=1S/C17H14F3N3O4S/c1-23-6-13-10(2-3-17(7-27-8-17)22-28(13,25)26)15(23)16(24)21-9-4-11(18)14(20)12(19)5-9/h2-6,22H,7-8H2,1H3,(H,21,24). The van der Waals surface area contributed by atoms with Gasteiger partial charge in [0.25, 0.3) is 5.91 Å². The van der Waals surface area contributed by atoms with E-state index in [1.165, 1.54) is 23.9 Å². The van der Waals surface area contributed by atoms with Crippen LogP contribution in [0.5, 0.6) is 0 Å². The molecule has 1 spiro atoms. The van der Waals surface area contributed by atoms with E-state index in [-0.39, 0.29) is 35.1 Å². The fraction of sp³-hybridized carbons (Fsp3) is 0.235. The monoisotopic (exact) mass is 413 g/mol. The van der Waals surface area contributed by atoms with E-state index in [4.69, 9.17) is 4.74 Å². The van der Waals surface area contributed by atoms with Crippen LogP contribution < -0.4 is 10.0 Å². The molecule has 2 aromatic rings. The summed E-state index contributed by atoms with van der Waals surface area (Å²) in [7, 11) is -2.48. The van der Waals surface area contributed by atoms with Gasteiger partial charge in [-0.1, -0.05) is 12.2 Å². The predicted molar refractivity (Wildman–Crippen MR) is 92.6 cm³/mol. The molecular weight excluding hydrogens is 399 g/mol. The summed E-state index contributed by atoms with van der Waals surface area (Å²) in [6, 6.07) is 1.26. The molecule has 1 aromatic carbocycles. The second-order valence-electron chi connectivity index (χ2n) is 6.66. The number of anilines is 1. The van der Waals surface area contributed by atoms with Crippen molar-refractivity contribution < 1.29 is 31.1 Å². The van der Waals surface area contributed by atoms with E-state index in [9.17, 15) is 26.4 Å². The molecule has 1 saturated heterocycles. The van der Waals surface area contributed by atoms with Crippen molar-refractivity contribution in [1.29, 1.82) is 0 Å². The number of aryl methyl sites for hydroxylation is 1. The van der Waals surface area contributed by atoms with Gasteiger partial charge < -0.3 is 14.6 Å². The maximum Gasteiger partial charge on any atom is 0.272 e. The van der Waals surface area contributed by atoms with Crippen LogP contribution in [0.4, 0.5) is 18.9 Å². The summed E-state index contributed by atoms with van der Waals surface area (Å²) >= 11 is 0. The van der Waals surface area contributed by atoms with E-state index in [0.29, 0.717) is 12.1 Å². The molecule has 0 aliphatic carbocycles. The lowest BCUT2D eigenvalue weighted by atomic mass is 9.97. The van der Waals surface area contributed by atoms with Crippen LogP contribution in [-0.4, -0.2) is 37.6 Å². The molecular formula is C17H14F3N3O4S. The van der Waals surface area contributed by atoms with E-state index in [1.54, 1.807) is 6.08 Å². The number of ether oxygens (including phenoxy) is 1. The zero-order valence-electron chi connectivity index (χ0n) is 14.4. The first-order valence-electron chi connectivity index (χ1n) is 8.08. The fourth-order valence-corrected chi connectivity index (χ4v) is 4.75. The quantitative estimate of drug-likeness (QED) is 0.735. The zero-order chi connectivity index (χ0) is 20.3. The summed E-state index contributed by atoms with van der Waals surface area (Å²) in [5, 5.41) is 2.26. The van der Waals surface area contributed by atoms with Crippen molar-refractivity contribution in [1.82, 2.24) is 9.29 Å². The first kappa shape index (κ1) is 18.7. The van der Waals surface area contributed by atoms with Gasteiger partial charge in [0.1, 0.15) is 10.6 Å². The number of carbonyl (C=O) groups is 1. The number of sulfonamides is 1. The van der Waals surface area contributed by atoms with Crippen molar-refractivity contribution in [3.05, 3.63) is 53.1 Å². The largest absolute Gasteiger partial charge is 0.377 e. The SMILES string of the molecule is Cn1cc2c(c1C(=O)Nc1cc(F)c(F)c(F)c1)C=CC1(COC1)NS2(=O)=O. The number of nitrogens with one attached hydrogen (secondary N) is 2. The lowest BCUT2D eigenvalue weighted by Gasteiger charge is -2.38. The highest BCUT2D eigenvalue weighted by Gasteiger charge is 2.43. The zero-order valence-corrected chi connectivity index (χ0v) is 15.2. The van der Waals surface area contributed by atoms with Gasteiger partial charge in [0.05, 0.1) is 18.8 Å². The number of aromatic nitrogens is 1. The average molecular weight is 413 g/mol. The molecule has 3 heterocycles. The molecule has 2 aliphatic heterocycles. The molecule has 11 heteroatoms. The van der Waals surface area contributed by atoms with Crippen molar-refractivity contribution in [2.24, 2.45) is 7.05 Å². The Balaban J connectivity index is 1.75. The van der Waals surface area contributed by atoms with Crippen LogP contribution in [-0.2, 0) is 21.8 Å². The summed E-state index contributed by atoms with van der Waals surface area (Å²) in [5.41, 5.74) is -1.10. The smallest absolute Gasteiger partial charge is 0.272 e. The van der Waals surface area contributed by atoms with Gasteiger partial charge in [-0.15, -0.1) is 0 Å². The summed E-state index contributed by atoms with van der Waals surface area (Å²) in [4.78, 5) is 12.6. The third-order valence-corrected chi connectivity index (χ3v) is 6.14. The Labute approximate surface area is 157 Å². The van der Waals surface area contributed by atoms with Gasteiger partial charge in [-0.2, -0.15) is 4.72 Å². The first-order chi connectivity index (χ1) is 13.1. The van der Waals surface area contributed by atoms with E-state index in [2.05, 4.69) is 10.0 Å². The molecule has 1 aromatic heterocycles. The molecule has 7 nitrogen and oxygen atoms in total. The van der Waals surface area contributed by atoms with Crippen LogP contribution >= 0.6 is 0 Å². The lowest BCUT2D eigenvalue weighted by Crippen LogP contribution is -2.60. The molecule has 28 heavy (non-hydrogen) atoms. The fourth-order valence-electron chi connectivity index (χ4n) is 3.17. The normalized spacial score (nSPS) is 19.0. The van der Waals surface area contributed by atoms with Crippen LogP contribution in [0.2, 0.25) is 0 Å². The third kappa shape index (κ3) is 2.91. The molecule has 0 atom stereocenters. The number of amides is 1. The van der Waals surface area contributed by atoms with E-state index in [1.807, 2.05) is 0 Å². The minimum atomic E-state index is -3.94. The molecule has 0 bridgehead atoms. The second kappa shape index (κ2) is 6.19. The number of rotatable bonds is 2. The Morgan fingerprint density at radius 2 is 1.89 bits per heavy atom. The van der Waals surface area contributed by atoms with Crippen LogP contribution in [0.25, 0.3) is 6.08 Å². The van der Waals surface area contributed by atoms with Crippen LogP contribution in [0.1, 0.15) is 16.1 Å². The summed E-state index contributed by atoms with van der Waals surface area (Å²) in [5.74, 6) is -5.38. The third-order valence-electron chi connectivity index (χ3n) is 4.56. The van der Waals surface area contributed by atoms with E-state index >= 15 is 0 Å². The molecule has 1 amide bonds. The number of halogens is 3. The Kier molecular flexibility index (Phi) is 4.14. The number of hydrogen-bond donors (Lipinski definition) is 2. The molecule has 2 aliphatic rings. The number of fused-ring (bicyclic) bond motifs is 1. The minimum Gasteiger partial charge on any atom is -0.377 e. The van der Waals surface area contributed by atoms with Crippen molar-refractivity contribution in [2.45, 2.75) is 10.4 Å². The maximum atomic E-state index is 13.4. The van der Waals surface area contributed by atoms with Gasteiger partial charge in [0, 0.05) is 36.6 Å². The summed E-state index contributed by atoms with van der Waals surface area (Å²) < 4.78 is 74.2. The topological polar surface area (TPSA) is 89.4 Å². The lowest BCUT2D eigenvalue weighted by molar-refractivity contribution is -0.0359. The number of carbonyl (C=O) groups excluding carboxylic acids is 1. The first-order valence-corrected chi connectivity index (χ1v) is 9.56. The van der Waals surface area contributed by atoms with E-state index in [0.717, 1.165) is 0 Å². The average Bonchev–Trinajstić information content (AvgIpc) is 2.86. The van der Waals surface area contributed by atoms with Crippen molar-refractivity contribution in [3.63, 3.8) is 0 Å². The molecule has 4 rings (SSSR count). The van der Waals surface area contributed by atoms with Gasteiger partial charge in [-0.25, -0.2) is 21.6 Å². The molecule has 0 saturated carbocycles. The Bertz CT molecular complexity index is 1110. The van der Waals surface area contributed by atoms with Crippen molar-refractivity contribution in [2.75, 3.05) is 18.5 Å². The predicted octanol–water partition coefficient (Wildman–Crippen LogP) is 1.77. The van der Waals surface area contributed by atoms with E-state index < -0.39 is 38.9 Å². The van der Waals surface area contributed by atoms with Crippen molar-refractivity contribution in [3.8, 4) is 0 Å². The van der Waals surface area contributed by atoms with Crippen molar-refractivity contribution >= 4 is 27.7 Å². The number of hydrogen-bond acceptors (Lipinski definition) is 4.